The van der Waals surface area contributed by atoms with Gasteiger partial charge in [-0.3, -0.25) is 0 Å². The van der Waals surface area contributed by atoms with Gasteiger partial charge in [0.1, 0.15) is 0 Å². The fourth-order valence-corrected chi connectivity index (χ4v) is 2.22. The highest BCUT2D eigenvalue weighted by Gasteiger charge is 2.37. The second-order valence-electron chi connectivity index (χ2n) is 5.32. The van der Waals surface area contributed by atoms with Gasteiger partial charge in [-0.2, -0.15) is 26.3 Å². The highest BCUT2D eigenvalue weighted by Crippen LogP contribution is 2.38. The van der Waals surface area contributed by atoms with Crippen LogP contribution in [0.25, 0.3) is 11.3 Å². The first kappa shape index (κ1) is 17.8. The average Bonchev–Trinajstić information content (AvgIpc) is 3.02. The topological polar surface area (TPSA) is 38.1 Å². The van der Waals surface area contributed by atoms with E-state index in [1.165, 1.54) is 6.20 Å². The third kappa shape index (κ3) is 3.98. The van der Waals surface area contributed by atoms with Crippen molar-refractivity contribution < 1.29 is 30.8 Å². The lowest BCUT2D eigenvalue weighted by Gasteiger charge is -2.14. The van der Waals surface area contributed by atoms with Gasteiger partial charge in [0.15, 0.2) is 5.76 Å². The fourth-order valence-electron chi connectivity index (χ4n) is 2.22. The molecule has 0 unspecified atom stereocenters. The molecular formula is C17H10F6N2O. The van der Waals surface area contributed by atoms with Crippen LogP contribution in [-0.2, 0) is 12.4 Å². The molecule has 0 saturated heterocycles. The third-order valence-electron chi connectivity index (χ3n) is 3.40. The lowest BCUT2D eigenvalue weighted by molar-refractivity contribution is -0.143. The molecule has 1 N–H and O–H groups in total. The molecule has 1 aromatic heterocycles. The summed E-state index contributed by atoms with van der Waals surface area (Å²) in [7, 11) is 0. The Balaban J connectivity index is 1.93. The molecule has 1 heterocycles. The summed E-state index contributed by atoms with van der Waals surface area (Å²) in [6.45, 7) is 0. The van der Waals surface area contributed by atoms with Crippen LogP contribution in [0, 0.1) is 0 Å². The largest absolute Gasteiger partial charge is 0.423 e. The molecule has 9 heteroatoms. The van der Waals surface area contributed by atoms with Crippen molar-refractivity contribution in [2.75, 3.05) is 5.32 Å². The summed E-state index contributed by atoms with van der Waals surface area (Å²) in [5, 5.41) is 2.34. The van der Waals surface area contributed by atoms with Gasteiger partial charge in [0, 0.05) is 11.3 Å². The monoisotopic (exact) mass is 372 g/mol. The Morgan fingerprint density at radius 3 is 1.92 bits per heavy atom. The second-order valence-corrected chi connectivity index (χ2v) is 5.32. The van der Waals surface area contributed by atoms with E-state index >= 15 is 0 Å². The van der Waals surface area contributed by atoms with Gasteiger partial charge >= 0.3 is 12.4 Å². The summed E-state index contributed by atoms with van der Waals surface area (Å²) in [6.07, 6.45) is -8.54. The number of rotatable bonds is 3. The van der Waals surface area contributed by atoms with E-state index < -0.39 is 29.2 Å². The zero-order valence-corrected chi connectivity index (χ0v) is 12.8. The number of benzene rings is 2. The molecule has 0 amide bonds. The molecule has 0 bridgehead atoms. The van der Waals surface area contributed by atoms with Crippen molar-refractivity contribution in [3.05, 3.63) is 65.9 Å². The quantitative estimate of drug-likeness (QED) is 0.563. The van der Waals surface area contributed by atoms with E-state index in [-0.39, 0.29) is 12.1 Å². The van der Waals surface area contributed by atoms with Crippen molar-refractivity contribution in [1.29, 1.82) is 0 Å². The number of nitrogens with one attached hydrogen (secondary N) is 1. The molecule has 26 heavy (non-hydrogen) atoms. The van der Waals surface area contributed by atoms with Crippen LogP contribution in [0.3, 0.4) is 0 Å². The molecule has 0 aliphatic carbocycles. The third-order valence-corrected chi connectivity index (χ3v) is 3.40. The van der Waals surface area contributed by atoms with Crippen LogP contribution in [0.5, 0.6) is 0 Å². The summed E-state index contributed by atoms with van der Waals surface area (Å²) in [5.41, 5.74) is -2.63. The summed E-state index contributed by atoms with van der Waals surface area (Å²) in [6, 6.07) is 9.64. The molecule has 0 fully saturated rings. The first-order valence-corrected chi connectivity index (χ1v) is 7.21. The first-order valence-electron chi connectivity index (χ1n) is 7.21. The molecule has 3 nitrogen and oxygen atoms in total. The maximum atomic E-state index is 12.9. The van der Waals surface area contributed by atoms with Crippen LogP contribution in [0.2, 0.25) is 0 Å². The van der Waals surface area contributed by atoms with Crippen LogP contribution in [-0.4, -0.2) is 4.98 Å². The lowest BCUT2D eigenvalue weighted by atomic mass is 10.1. The summed E-state index contributed by atoms with van der Waals surface area (Å²) < 4.78 is 82.5. The minimum atomic E-state index is -4.93. The molecule has 0 spiro atoms. The van der Waals surface area contributed by atoms with Crippen molar-refractivity contribution in [1.82, 2.24) is 4.98 Å². The van der Waals surface area contributed by atoms with Crippen LogP contribution in [0.15, 0.2) is 59.1 Å². The van der Waals surface area contributed by atoms with E-state index in [0.717, 1.165) is 0 Å². The van der Waals surface area contributed by atoms with E-state index in [1.807, 2.05) is 0 Å². The number of hydrogen-bond acceptors (Lipinski definition) is 3. The summed E-state index contributed by atoms with van der Waals surface area (Å²) >= 11 is 0. The Kier molecular flexibility index (Phi) is 4.39. The molecule has 2 aromatic carbocycles. The molecule has 136 valence electrons. The molecule has 3 aromatic rings. The van der Waals surface area contributed by atoms with Gasteiger partial charge in [-0.15, -0.1) is 0 Å². The van der Waals surface area contributed by atoms with Crippen LogP contribution < -0.4 is 5.32 Å². The van der Waals surface area contributed by atoms with Gasteiger partial charge in [-0.1, -0.05) is 30.3 Å². The van der Waals surface area contributed by atoms with Crippen LogP contribution in [0.4, 0.5) is 38.0 Å². The number of oxazole rings is 1. The number of halogens is 6. The number of alkyl halides is 6. The highest BCUT2D eigenvalue weighted by molar-refractivity contribution is 5.60. The predicted octanol–water partition coefficient (Wildman–Crippen LogP) is 6.12. The number of anilines is 2. The maximum absolute atomic E-state index is 12.9. The molecule has 0 aliphatic rings. The van der Waals surface area contributed by atoms with E-state index in [2.05, 4.69) is 10.3 Å². The van der Waals surface area contributed by atoms with E-state index in [1.54, 1.807) is 30.3 Å². The molecule has 0 aliphatic heterocycles. The van der Waals surface area contributed by atoms with Crippen molar-refractivity contribution in [2.45, 2.75) is 12.4 Å². The first-order chi connectivity index (χ1) is 12.1. The predicted molar refractivity (Wildman–Crippen MR) is 81.7 cm³/mol. The summed E-state index contributed by atoms with van der Waals surface area (Å²) in [5.74, 6) is 0.316. The Morgan fingerprint density at radius 2 is 1.38 bits per heavy atom. The Labute approximate surface area is 143 Å². The van der Waals surface area contributed by atoms with Gasteiger partial charge in [0.2, 0.25) is 0 Å². The molecule has 0 radical (unpaired) electrons. The Hall–Kier alpha value is -2.97. The van der Waals surface area contributed by atoms with E-state index in [4.69, 9.17) is 4.42 Å². The van der Waals surface area contributed by atoms with Crippen molar-refractivity contribution in [2.24, 2.45) is 0 Å². The lowest BCUT2D eigenvalue weighted by Crippen LogP contribution is -2.11. The van der Waals surface area contributed by atoms with Gasteiger partial charge in [-0.05, 0) is 18.2 Å². The van der Waals surface area contributed by atoms with Crippen molar-refractivity contribution >= 4 is 11.7 Å². The minimum Gasteiger partial charge on any atom is -0.423 e. The summed E-state index contributed by atoms with van der Waals surface area (Å²) in [4.78, 5) is 3.83. The number of aromatic nitrogens is 1. The van der Waals surface area contributed by atoms with Gasteiger partial charge in [0.05, 0.1) is 17.3 Å². The highest BCUT2D eigenvalue weighted by atomic mass is 19.4. The normalized spacial score (nSPS) is 12.2. The van der Waals surface area contributed by atoms with Gasteiger partial charge < -0.3 is 9.73 Å². The van der Waals surface area contributed by atoms with E-state index in [0.29, 0.717) is 23.5 Å². The zero-order valence-electron chi connectivity index (χ0n) is 12.8. The van der Waals surface area contributed by atoms with Gasteiger partial charge in [-0.25, -0.2) is 4.98 Å². The number of hydrogen-bond donors (Lipinski definition) is 1. The second kappa shape index (κ2) is 6.40. The fraction of sp³-hybridized carbons (Fsp3) is 0.118. The molecule has 0 atom stereocenters. The Bertz CT molecular complexity index is 867. The van der Waals surface area contributed by atoms with E-state index in [9.17, 15) is 26.3 Å². The molecule has 3 rings (SSSR count). The number of nitrogens with zero attached hydrogens (tertiary/aromatic N) is 1. The molecule has 0 saturated carbocycles. The molecular weight excluding hydrogens is 362 g/mol. The zero-order chi connectivity index (χ0) is 18.9. The maximum Gasteiger partial charge on any atom is 0.416 e. The standard InChI is InChI=1S/C17H10F6N2O/c18-16(19,20)11-6-12(17(21,22)23)8-13(7-11)25-15-24-9-14(26-15)10-4-2-1-3-5-10/h1-9H,(H,24,25). The van der Waals surface area contributed by atoms with Crippen LogP contribution >= 0.6 is 0 Å². The Morgan fingerprint density at radius 1 is 0.808 bits per heavy atom. The average molecular weight is 372 g/mol. The van der Waals surface area contributed by atoms with Gasteiger partial charge in [0.25, 0.3) is 6.01 Å². The smallest absolute Gasteiger partial charge is 0.416 e. The van der Waals surface area contributed by atoms with Crippen LogP contribution in [0.1, 0.15) is 11.1 Å². The van der Waals surface area contributed by atoms with Crippen molar-refractivity contribution in [3.63, 3.8) is 0 Å². The van der Waals surface area contributed by atoms with Crippen molar-refractivity contribution in [3.8, 4) is 11.3 Å². The SMILES string of the molecule is FC(F)(F)c1cc(Nc2ncc(-c3ccccc3)o2)cc(C(F)(F)F)c1. The minimum absolute atomic E-state index is 0.0517.